The lowest BCUT2D eigenvalue weighted by atomic mass is 10.1. The maximum atomic E-state index is 12.8. The monoisotopic (exact) mass is 525 g/mol. The number of ether oxygens (including phenoxy) is 3. The highest BCUT2D eigenvalue weighted by Crippen LogP contribution is 2.37. The van der Waals surface area contributed by atoms with Crippen molar-refractivity contribution >= 4 is 40.4 Å². The highest BCUT2D eigenvalue weighted by Gasteiger charge is 2.36. The number of methoxy groups -OCH3 is 1. The predicted molar refractivity (Wildman–Crippen MR) is 152 cm³/mol. The van der Waals surface area contributed by atoms with E-state index < -0.39 is 5.91 Å². The van der Waals surface area contributed by atoms with Gasteiger partial charge in [-0.25, -0.2) is 0 Å². The second kappa shape index (κ2) is 11.0. The number of benzene rings is 3. The predicted octanol–water partition coefficient (Wildman–Crippen LogP) is 6.07. The molecular formula is C30H27N3O4S. The maximum Gasteiger partial charge on any atom is 0.283 e. The molecule has 1 amide bonds. The summed E-state index contributed by atoms with van der Waals surface area (Å²) >= 11 is 1.34. The number of hydrogen-bond acceptors (Lipinski definition) is 6. The third kappa shape index (κ3) is 5.21. The van der Waals surface area contributed by atoms with Gasteiger partial charge in [0, 0.05) is 5.41 Å². The van der Waals surface area contributed by atoms with Crippen molar-refractivity contribution in [2.24, 2.45) is 4.99 Å². The molecule has 0 unspecified atom stereocenters. The molecule has 0 atom stereocenters. The van der Waals surface area contributed by atoms with Gasteiger partial charge in [0.1, 0.15) is 24.8 Å². The van der Waals surface area contributed by atoms with Crippen LogP contribution in [0.3, 0.4) is 0 Å². The molecule has 0 bridgehead atoms. The highest BCUT2D eigenvalue weighted by atomic mass is 32.2. The van der Waals surface area contributed by atoms with Crippen LogP contribution < -0.4 is 14.2 Å². The minimum absolute atomic E-state index is 0.0861. The number of rotatable bonds is 8. The number of aliphatic imine (C=N–C) groups is 1. The quantitative estimate of drug-likeness (QED) is 0.284. The molecule has 192 valence electrons. The molecule has 2 aliphatic heterocycles. The van der Waals surface area contributed by atoms with E-state index in [9.17, 15) is 4.79 Å². The Bertz CT molecular complexity index is 1490. The van der Waals surface area contributed by atoms with E-state index in [1.54, 1.807) is 30.2 Å². The van der Waals surface area contributed by atoms with Crippen LogP contribution in [-0.4, -0.2) is 42.1 Å². The lowest BCUT2D eigenvalue weighted by Gasteiger charge is -2.27. The minimum Gasteiger partial charge on any atom is -0.493 e. The molecule has 1 N–H and O–H groups in total. The summed E-state index contributed by atoms with van der Waals surface area (Å²) in [4.78, 5) is 18.8. The first-order chi connectivity index (χ1) is 18.4. The van der Waals surface area contributed by atoms with Crippen molar-refractivity contribution in [1.82, 2.24) is 4.90 Å². The zero-order chi connectivity index (χ0) is 26.6. The van der Waals surface area contributed by atoms with Crippen LogP contribution in [0.4, 0.5) is 0 Å². The fourth-order valence-electron chi connectivity index (χ4n) is 4.14. The van der Waals surface area contributed by atoms with Gasteiger partial charge >= 0.3 is 0 Å². The van der Waals surface area contributed by atoms with E-state index in [0.29, 0.717) is 35.4 Å². The normalized spacial score (nSPS) is 15.8. The number of carbonyl (C=O) groups is 1. The number of aryl methyl sites for hydroxylation is 2. The van der Waals surface area contributed by atoms with Crippen molar-refractivity contribution in [3.63, 3.8) is 0 Å². The molecule has 0 aromatic heterocycles. The number of amidine groups is 2. The standard InChI is InChI=1S/C30H27N3O4S/c1-19-9-10-20(2)26(15-19)37-14-13-36-25-12-11-21(17-27(25)35-3)16-23-28(31)33-24(22-7-5-4-6-8-22)18-38-30(33)32-29(23)34/h4-12,15-18,31H,13-14H2,1-3H3. The van der Waals surface area contributed by atoms with Gasteiger partial charge in [0.25, 0.3) is 5.91 Å². The lowest BCUT2D eigenvalue weighted by Crippen LogP contribution is -2.38. The van der Waals surface area contributed by atoms with Crippen LogP contribution >= 0.6 is 11.8 Å². The number of amides is 1. The van der Waals surface area contributed by atoms with Crippen LogP contribution in [0, 0.1) is 19.3 Å². The van der Waals surface area contributed by atoms with Crippen molar-refractivity contribution in [2.75, 3.05) is 20.3 Å². The van der Waals surface area contributed by atoms with E-state index in [4.69, 9.17) is 19.6 Å². The Balaban J connectivity index is 1.30. The molecule has 0 saturated heterocycles. The van der Waals surface area contributed by atoms with Crippen molar-refractivity contribution in [2.45, 2.75) is 13.8 Å². The van der Waals surface area contributed by atoms with E-state index in [0.717, 1.165) is 28.1 Å². The Labute approximate surface area is 225 Å². The Morgan fingerprint density at radius 3 is 2.47 bits per heavy atom. The summed E-state index contributed by atoms with van der Waals surface area (Å²) in [5, 5.41) is 11.2. The fraction of sp³-hybridized carbons (Fsp3) is 0.167. The average Bonchev–Trinajstić information content (AvgIpc) is 3.35. The first-order valence-corrected chi connectivity index (χ1v) is 13.0. The molecule has 7 nitrogen and oxygen atoms in total. The molecule has 38 heavy (non-hydrogen) atoms. The summed E-state index contributed by atoms with van der Waals surface area (Å²) in [5.74, 6) is 1.57. The van der Waals surface area contributed by atoms with Crippen molar-refractivity contribution in [1.29, 1.82) is 5.41 Å². The van der Waals surface area contributed by atoms with Crippen LogP contribution in [0.15, 0.2) is 82.7 Å². The van der Waals surface area contributed by atoms with Crippen LogP contribution in [0.1, 0.15) is 22.3 Å². The molecule has 3 aromatic rings. The van der Waals surface area contributed by atoms with Gasteiger partial charge in [-0.2, -0.15) is 4.99 Å². The van der Waals surface area contributed by atoms with Crippen molar-refractivity contribution < 1.29 is 19.0 Å². The first-order valence-electron chi connectivity index (χ1n) is 12.1. The number of nitrogens with one attached hydrogen (secondary N) is 1. The third-order valence-corrected chi connectivity index (χ3v) is 6.95. The SMILES string of the molecule is COc1cc(C=C2C(=N)N3C(c4ccccc4)=CSC3=NC2=O)ccc1OCCOc1cc(C)ccc1C. The van der Waals surface area contributed by atoms with Gasteiger partial charge in [-0.1, -0.05) is 60.3 Å². The summed E-state index contributed by atoms with van der Waals surface area (Å²) in [7, 11) is 1.56. The Kier molecular flexibility index (Phi) is 7.33. The Hall–Kier alpha value is -4.30. The van der Waals surface area contributed by atoms with Gasteiger partial charge in [-0.05, 0) is 60.4 Å². The average molecular weight is 526 g/mol. The lowest BCUT2D eigenvalue weighted by molar-refractivity contribution is -0.114. The van der Waals surface area contributed by atoms with E-state index in [-0.39, 0.29) is 11.4 Å². The van der Waals surface area contributed by atoms with Gasteiger partial charge in [-0.15, -0.1) is 0 Å². The molecule has 0 spiro atoms. The molecule has 2 aliphatic rings. The molecule has 0 aliphatic carbocycles. The van der Waals surface area contributed by atoms with E-state index in [1.165, 1.54) is 11.8 Å². The fourth-order valence-corrected chi connectivity index (χ4v) is 5.03. The van der Waals surface area contributed by atoms with Crippen LogP contribution in [0.2, 0.25) is 0 Å². The Morgan fingerprint density at radius 2 is 1.71 bits per heavy atom. The smallest absolute Gasteiger partial charge is 0.283 e. The first kappa shape index (κ1) is 25.4. The molecule has 0 saturated carbocycles. The molecule has 0 fully saturated rings. The zero-order valence-electron chi connectivity index (χ0n) is 21.4. The second-order valence-corrected chi connectivity index (χ2v) is 9.64. The highest BCUT2D eigenvalue weighted by molar-refractivity contribution is 8.17. The minimum atomic E-state index is -0.445. The van der Waals surface area contributed by atoms with Gasteiger partial charge in [0.05, 0.1) is 18.4 Å². The van der Waals surface area contributed by atoms with Crippen molar-refractivity contribution in [3.05, 3.63) is 100.0 Å². The maximum absolute atomic E-state index is 12.8. The molecule has 0 radical (unpaired) electrons. The van der Waals surface area contributed by atoms with Gasteiger partial charge in [0.15, 0.2) is 16.7 Å². The zero-order valence-corrected chi connectivity index (χ0v) is 22.2. The topological polar surface area (TPSA) is 84.2 Å². The number of fused-ring (bicyclic) bond motifs is 1. The summed E-state index contributed by atoms with van der Waals surface area (Å²) in [6.45, 7) is 4.76. The Morgan fingerprint density at radius 1 is 0.947 bits per heavy atom. The number of thioether (sulfide) groups is 1. The van der Waals surface area contributed by atoms with Gasteiger partial charge in [0.2, 0.25) is 0 Å². The van der Waals surface area contributed by atoms with Crippen LogP contribution in [0.5, 0.6) is 17.2 Å². The number of carbonyl (C=O) groups excluding carboxylic acids is 1. The van der Waals surface area contributed by atoms with Crippen LogP contribution in [0.25, 0.3) is 11.8 Å². The van der Waals surface area contributed by atoms with Gasteiger partial charge < -0.3 is 14.2 Å². The summed E-state index contributed by atoms with van der Waals surface area (Å²) in [5.41, 5.74) is 4.89. The van der Waals surface area contributed by atoms with E-state index >= 15 is 0 Å². The third-order valence-electron chi connectivity index (χ3n) is 6.12. The molecular weight excluding hydrogens is 498 g/mol. The summed E-state index contributed by atoms with van der Waals surface area (Å²) in [6, 6.07) is 21.2. The summed E-state index contributed by atoms with van der Waals surface area (Å²) in [6.07, 6.45) is 1.66. The number of nitrogens with zero attached hydrogens (tertiary/aromatic N) is 2. The molecule has 5 rings (SSSR count). The van der Waals surface area contributed by atoms with Crippen molar-refractivity contribution in [3.8, 4) is 17.2 Å². The van der Waals surface area contributed by atoms with Crippen LogP contribution in [-0.2, 0) is 4.79 Å². The van der Waals surface area contributed by atoms with E-state index in [2.05, 4.69) is 11.1 Å². The van der Waals surface area contributed by atoms with Gasteiger partial charge in [-0.3, -0.25) is 15.1 Å². The summed E-state index contributed by atoms with van der Waals surface area (Å²) < 4.78 is 17.3. The molecule has 3 aromatic carbocycles. The molecule has 8 heteroatoms. The number of hydrogen-bond donors (Lipinski definition) is 1. The molecule has 2 heterocycles. The second-order valence-electron chi connectivity index (χ2n) is 8.80. The van der Waals surface area contributed by atoms with E-state index in [1.807, 2.05) is 67.8 Å². The largest absolute Gasteiger partial charge is 0.493 e.